The van der Waals surface area contributed by atoms with Gasteiger partial charge in [0.1, 0.15) is 11.6 Å². The second-order valence-electron chi connectivity index (χ2n) is 3.85. The summed E-state index contributed by atoms with van der Waals surface area (Å²) in [5.74, 6) is -0.233. The lowest BCUT2D eigenvalue weighted by Gasteiger charge is -2.08. The monoisotopic (exact) mass is 254 g/mol. The highest BCUT2D eigenvalue weighted by atomic mass is 19.1. The summed E-state index contributed by atoms with van der Waals surface area (Å²) in [5, 5.41) is 5.87. The van der Waals surface area contributed by atoms with E-state index < -0.39 is 0 Å². The van der Waals surface area contributed by atoms with Crippen molar-refractivity contribution in [2.75, 3.05) is 26.2 Å². The Balaban J connectivity index is 2.13. The number of hydrogen-bond acceptors (Lipinski definition) is 3. The van der Waals surface area contributed by atoms with Gasteiger partial charge in [0.15, 0.2) is 6.61 Å². The fourth-order valence-electron chi connectivity index (χ4n) is 1.35. The molecule has 2 N–H and O–H groups in total. The summed E-state index contributed by atoms with van der Waals surface area (Å²) in [4.78, 5) is 11.4. The number of amides is 1. The first kappa shape index (κ1) is 14.4. The zero-order valence-corrected chi connectivity index (χ0v) is 10.5. The van der Waals surface area contributed by atoms with Crippen LogP contribution in [0.5, 0.6) is 5.75 Å². The third-order valence-corrected chi connectivity index (χ3v) is 2.22. The quantitative estimate of drug-likeness (QED) is 0.688. The molecule has 100 valence electrons. The highest BCUT2D eigenvalue weighted by molar-refractivity contribution is 5.77. The summed E-state index contributed by atoms with van der Waals surface area (Å²) in [6.45, 7) is 4.22. The molecule has 0 saturated carbocycles. The molecule has 0 heterocycles. The van der Waals surface area contributed by atoms with Crippen molar-refractivity contribution < 1.29 is 13.9 Å². The second kappa shape index (κ2) is 8.47. The Labute approximate surface area is 107 Å². The minimum absolute atomic E-state index is 0.1000. The molecular weight excluding hydrogens is 235 g/mol. The van der Waals surface area contributed by atoms with E-state index in [2.05, 4.69) is 17.6 Å². The Morgan fingerprint density at radius 3 is 2.89 bits per heavy atom. The van der Waals surface area contributed by atoms with Crippen LogP contribution in [0.4, 0.5) is 4.39 Å². The summed E-state index contributed by atoms with van der Waals surface area (Å²) in [6, 6.07) is 5.72. The summed E-state index contributed by atoms with van der Waals surface area (Å²) < 4.78 is 18.0. The fraction of sp³-hybridized carbons (Fsp3) is 0.462. The van der Waals surface area contributed by atoms with Gasteiger partial charge >= 0.3 is 0 Å². The van der Waals surface area contributed by atoms with Gasteiger partial charge in [-0.2, -0.15) is 0 Å². The van der Waals surface area contributed by atoms with E-state index >= 15 is 0 Å². The topological polar surface area (TPSA) is 50.4 Å². The molecule has 0 aliphatic carbocycles. The van der Waals surface area contributed by atoms with Gasteiger partial charge in [-0.05, 0) is 25.1 Å². The van der Waals surface area contributed by atoms with Gasteiger partial charge in [0, 0.05) is 19.2 Å². The van der Waals surface area contributed by atoms with Gasteiger partial charge in [0.2, 0.25) is 0 Å². The van der Waals surface area contributed by atoms with Gasteiger partial charge in [0.25, 0.3) is 5.91 Å². The van der Waals surface area contributed by atoms with Crippen LogP contribution in [-0.4, -0.2) is 32.1 Å². The van der Waals surface area contributed by atoms with Crippen LogP contribution in [-0.2, 0) is 4.79 Å². The van der Waals surface area contributed by atoms with Crippen LogP contribution in [0.1, 0.15) is 13.3 Å². The van der Waals surface area contributed by atoms with E-state index in [1.54, 1.807) is 6.07 Å². The fourth-order valence-corrected chi connectivity index (χ4v) is 1.35. The number of nitrogens with one attached hydrogen (secondary N) is 2. The molecule has 0 bridgehead atoms. The van der Waals surface area contributed by atoms with Gasteiger partial charge in [-0.15, -0.1) is 0 Å². The maximum absolute atomic E-state index is 12.8. The first-order valence-electron chi connectivity index (χ1n) is 6.08. The molecule has 1 aromatic rings. The molecule has 4 nitrogen and oxygen atoms in total. The van der Waals surface area contributed by atoms with Crippen molar-refractivity contribution in [1.29, 1.82) is 0 Å². The van der Waals surface area contributed by atoms with Crippen LogP contribution in [0.2, 0.25) is 0 Å². The van der Waals surface area contributed by atoms with E-state index in [-0.39, 0.29) is 18.3 Å². The zero-order valence-electron chi connectivity index (χ0n) is 10.5. The number of carbonyl (C=O) groups excluding carboxylic acids is 1. The second-order valence-corrected chi connectivity index (χ2v) is 3.85. The third-order valence-electron chi connectivity index (χ3n) is 2.22. The van der Waals surface area contributed by atoms with Crippen molar-refractivity contribution in [3.8, 4) is 5.75 Å². The standard InChI is InChI=1S/C13H19FN2O2/c1-2-6-15-7-8-16-13(17)10-18-12-5-3-4-11(14)9-12/h3-5,9,15H,2,6-8,10H2,1H3,(H,16,17). The van der Waals surface area contributed by atoms with Gasteiger partial charge in [-0.25, -0.2) is 4.39 Å². The van der Waals surface area contributed by atoms with E-state index in [1.807, 2.05) is 0 Å². The first-order valence-corrected chi connectivity index (χ1v) is 6.08. The minimum Gasteiger partial charge on any atom is -0.484 e. The van der Waals surface area contributed by atoms with Crippen molar-refractivity contribution in [2.24, 2.45) is 0 Å². The molecule has 18 heavy (non-hydrogen) atoms. The summed E-state index contributed by atoms with van der Waals surface area (Å²) in [5.41, 5.74) is 0. The van der Waals surface area contributed by atoms with Gasteiger partial charge < -0.3 is 15.4 Å². The smallest absolute Gasteiger partial charge is 0.257 e. The van der Waals surface area contributed by atoms with E-state index in [0.717, 1.165) is 19.5 Å². The van der Waals surface area contributed by atoms with Crippen LogP contribution in [0.25, 0.3) is 0 Å². The summed E-state index contributed by atoms with van der Waals surface area (Å²) in [6.07, 6.45) is 1.07. The maximum Gasteiger partial charge on any atom is 0.257 e. The number of halogens is 1. The van der Waals surface area contributed by atoms with Gasteiger partial charge in [-0.3, -0.25) is 4.79 Å². The molecule has 0 saturated heterocycles. The number of hydrogen-bond donors (Lipinski definition) is 2. The van der Waals surface area contributed by atoms with Crippen LogP contribution in [0.15, 0.2) is 24.3 Å². The van der Waals surface area contributed by atoms with Crippen molar-refractivity contribution >= 4 is 5.91 Å². The minimum atomic E-state index is -0.378. The Morgan fingerprint density at radius 1 is 1.33 bits per heavy atom. The zero-order chi connectivity index (χ0) is 13.2. The van der Waals surface area contributed by atoms with Crippen LogP contribution >= 0.6 is 0 Å². The molecule has 1 rings (SSSR count). The molecule has 0 aromatic heterocycles. The average molecular weight is 254 g/mol. The van der Waals surface area contributed by atoms with E-state index in [1.165, 1.54) is 18.2 Å². The predicted molar refractivity (Wildman–Crippen MR) is 68.1 cm³/mol. The highest BCUT2D eigenvalue weighted by Gasteiger charge is 2.02. The van der Waals surface area contributed by atoms with Gasteiger partial charge in [0.05, 0.1) is 0 Å². The van der Waals surface area contributed by atoms with E-state index in [4.69, 9.17) is 4.74 Å². The number of ether oxygens (including phenoxy) is 1. The Kier molecular flexibility index (Phi) is 6.79. The van der Waals surface area contributed by atoms with Gasteiger partial charge in [-0.1, -0.05) is 13.0 Å². The van der Waals surface area contributed by atoms with Crippen molar-refractivity contribution in [3.63, 3.8) is 0 Å². The highest BCUT2D eigenvalue weighted by Crippen LogP contribution is 2.11. The van der Waals surface area contributed by atoms with E-state index in [0.29, 0.717) is 12.3 Å². The molecular formula is C13H19FN2O2. The molecule has 1 aromatic carbocycles. The molecule has 1 amide bonds. The lowest BCUT2D eigenvalue weighted by molar-refractivity contribution is -0.123. The Bertz CT molecular complexity index is 372. The van der Waals surface area contributed by atoms with E-state index in [9.17, 15) is 9.18 Å². The lowest BCUT2D eigenvalue weighted by atomic mass is 10.3. The Morgan fingerprint density at radius 2 is 2.17 bits per heavy atom. The maximum atomic E-state index is 12.8. The molecule has 0 aliphatic heterocycles. The molecule has 0 unspecified atom stereocenters. The summed E-state index contributed by atoms with van der Waals surface area (Å²) in [7, 11) is 0. The average Bonchev–Trinajstić information content (AvgIpc) is 2.36. The van der Waals surface area contributed by atoms with Crippen molar-refractivity contribution in [1.82, 2.24) is 10.6 Å². The molecule has 0 spiro atoms. The summed E-state index contributed by atoms with van der Waals surface area (Å²) >= 11 is 0. The van der Waals surface area contributed by atoms with Crippen molar-refractivity contribution in [2.45, 2.75) is 13.3 Å². The molecule has 5 heteroatoms. The normalized spacial score (nSPS) is 10.1. The number of benzene rings is 1. The molecule has 0 aliphatic rings. The number of carbonyl (C=O) groups is 1. The largest absolute Gasteiger partial charge is 0.484 e. The third kappa shape index (κ3) is 6.20. The molecule has 0 atom stereocenters. The van der Waals surface area contributed by atoms with Crippen LogP contribution < -0.4 is 15.4 Å². The van der Waals surface area contributed by atoms with Crippen molar-refractivity contribution in [3.05, 3.63) is 30.1 Å². The van der Waals surface area contributed by atoms with Crippen LogP contribution in [0, 0.1) is 5.82 Å². The lowest BCUT2D eigenvalue weighted by Crippen LogP contribution is -2.35. The predicted octanol–water partition coefficient (Wildman–Crippen LogP) is 1.32. The number of rotatable bonds is 8. The SMILES string of the molecule is CCCNCCNC(=O)COc1cccc(F)c1. The molecule has 0 fully saturated rings. The first-order chi connectivity index (χ1) is 8.72. The Hall–Kier alpha value is -1.62. The molecule has 0 radical (unpaired) electrons. The van der Waals surface area contributed by atoms with Crippen LogP contribution in [0.3, 0.4) is 0 Å².